The van der Waals surface area contributed by atoms with E-state index in [4.69, 9.17) is 4.84 Å². The molecule has 0 N–H and O–H groups in total. The van der Waals surface area contributed by atoms with Gasteiger partial charge in [-0.2, -0.15) is 0 Å². The highest BCUT2D eigenvalue weighted by molar-refractivity contribution is 5.84. The van der Waals surface area contributed by atoms with E-state index in [1.54, 1.807) is 20.9 Å². The van der Waals surface area contributed by atoms with E-state index in [-0.39, 0.29) is 11.8 Å². The van der Waals surface area contributed by atoms with E-state index < -0.39 is 12.2 Å². The molecule has 0 spiro atoms. The minimum Gasteiger partial charge on any atom is -0.240 e. The van der Waals surface area contributed by atoms with E-state index in [1.165, 1.54) is 5.06 Å². The third kappa shape index (κ3) is 1.97. The number of rotatable bonds is 3. The first kappa shape index (κ1) is 12.4. The lowest BCUT2D eigenvalue weighted by Crippen LogP contribution is -2.43. The smallest absolute Gasteiger partial charge is 0.240 e. The Bertz CT molecular complexity index is 256. The summed E-state index contributed by atoms with van der Waals surface area (Å²) in [5.74, 6) is 0.287. The van der Waals surface area contributed by atoms with Crippen molar-refractivity contribution >= 4 is 5.84 Å². The van der Waals surface area contributed by atoms with Crippen LogP contribution in [-0.4, -0.2) is 30.1 Å². The highest BCUT2D eigenvalue weighted by Gasteiger charge is 2.51. The molecule has 0 amide bonds. The Labute approximate surface area is 89.1 Å². The van der Waals surface area contributed by atoms with Gasteiger partial charge in [0.25, 0.3) is 6.43 Å². The fourth-order valence-electron chi connectivity index (χ4n) is 1.60. The van der Waals surface area contributed by atoms with Crippen LogP contribution in [0.1, 0.15) is 27.7 Å². The zero-order valence-electron chi connectivity index (χ0n) is 9.79. The van der Waals surface area contributed by atoms with Gasteiger partial charge in [0.05, 0.1) is 0 Å². The lowest BCUT2D eigenvalue weighted by atomic mass is 10.0. The largest absolute Gasteiger partial charge is 0.289 e. The molecule has 1 unspecified atom stereocenters. The summed E-state index contributed by atoms with van der Waals surface area (Å²) in [5.41, 5.74) is -1.70. The van der Waals surface area contributed by atoms with Crippen molar-refractivity contribution in [1.29, 1.82) is 0 Å². The van der Waals surface area contributed by atoms with Crippen molar-refractivity contribution in [3.05, 3.63) is 0 Å². The Balaban J connectivity index is 3.06. The lowest BCUT2D eigenvalue weighted by molar-refractivity contribution is -0.237. The number of amidine groups is 1. The van der Waals surface area contributed by atoms with Crippen LogP contribution in [0.3, 0.4) is 0 Å². The summed E-state index contributed by atoms with van der Waals surface area (Å²) >= 11 is 0. The van der Waals surface area contributed by atoms with E-state index >= 15 is 0 Å². The number of aliphatic imine (C=N–C) groups is 1. The van der Waals surface area contributed by atoms with Crippen LogP contribution in [0.25, 0.3) is 0 Å². The summed E-state index contributed by atoms with van der Waals surface area (Å²) in [6, 6.07) is 0. The fraction of sp³-hybridized carbons (Fsp3) is 0.900. The number of halogens is 2. The van der Waals surface area contributed by atoms with Crippen LogP contribution >= 0.6 is 0 Å². The second-order valence-corrected chi connectivity index (χ2v) is 4.42. The van der Waals surface area contributed by atoms with Gasteiger partial charge in [-0.3, -0.25) is 0 Å². The first-order chi connectivity index (χ1) is 6.81. The van der Waals surface area contributed by atoms with E-state index in [0.29, 0.717) is 5.84 Å². The molecule has 3 nitrogen and oxygen atoms in total. The second kappa shape index (κ2) is 4.04. The first-order valence-electron chi connectivity index (χ1n) is 5.12. The van der Waals surface area contributed by atoms with Crippen molar-refractivity contribution in [2.24, 2.45) is 16.8 Å². The Hall–Kier alpha value is -0.710. The molecule has 88 valence electrons. The molecule has 1 heterocycles. The van der Waals surface area contributed by atoms with E-state index in [9.17, 15) is 8.78 Å². The standard InChI is InChI=1S/C10H18F2N2O/c1-6(2)8-13-10(7(3)4,9(11)12)15-14(8)5/h6-7,9H,1-5H3. The second-order valence-electron chi connectivity index (χ2n) is 4.42. The van der Waals surface area contributed by atoms with E-state index in [2.05, 4.69) is 4.99 Å². The van der Waals surface area contributed by atoms with Gasteiger partial charge in [0, 0.05) is 18.9 Å². The van der Waals surface area contributed by atoms with Crippen molar-refractivity contribution in [2.75, 3.05) is 7.05 Å². The van der Waals surface area contributed by atoms with Gasteiger partial charge in [0.15, 0.2) is 0 Å². The van der Waals surface area contributed by atoms with Gasteiger partial charge >= 0.3 is 0 Å². The third-order valence-electron chi connectivity index (χ3n) is 2.55. The van der Waals surface area contributed by atoms with Crippen molar-refractivity contribution < 1.29 is 13.6 Å². The maximum absolute atomic E-state index is 13.0. The summed E-state index contributed by atoms with van der Waals surface area (Å²) in [7, 11) is 1.62. The molecule has 15 heavy (non-hydrogen) atoms. The average molecular weight is 220 g/mol. The van der Waals surface area contributed by atoms with Gasteiger partial charge in [0.2, 0.25) is 5.72 Å². The van der Waals surface area contributed by atoms with Crippen LogP contribution in [0, 0.1) is 11.8 Å². The number of alkyl halides is 2. The number of hydroxylamine groups is 2. The van der Waals surface area contributed by atoms with Crippen LogP contribution in [0.5, 0.6) is 0 Å². The number of hydrogen-bond acceptors (Lipinski definition) is 3. The Morgan fingerprint density at radius 3 is 2.00 bits per heavy atom. The maximum Gasteiger partial charge on any atom is 0.289 e. The molecule has 0 bridgehead atoms. The lowest BCUT2D eigenvalue weighted by Gasteiger charge is -2.28. The minimum atomic E-state index is -2.61. The summed E-state index contributed by atoms with van der Waals surface area (Å²) in [4.78, 5) is 9.29. The van der Waals surface area contributed by atoms with Gasteiger partial charge in [-0.1, -0.05) is 27.7 Å². The van der Waals surface area contributed by atoms with Crippen LogP contribution in [-0.2, 0) is 4.84 Å². The Morgan fingerprint density at radius 1 is 1.27 bits per heavy atom. The highest BCUT2D eigenvalue weighted by Crippen LogP contribution is 2.36. The maximum atomic E-state index is 13.0. The summed E-state index contributed by atoms with van der Waals surface area (Å²) in [6.45, 7) is 7.18. The predicted molar refractivity (Wildman–Crippen MR) is 54.7 cm³/mol. The molecule has 0 aromatic carbocycles. The molecule has 0 saturated heterocycles. The molecule has 0 aromatic rings. The molecule has 1 aliphatic heterocycles. The first-order valence-corrected chi connectivity index (χ1v) is 5.12. The zero-order valence-corrected chi connectivity index (χ0v) is 9.79. The molecule has 5 heteroatoms. The van der Waals surface area contributed by atoms with Gasteiger partial charge in [0.1, 0.15) is 5.84 Å². The van der Waals surface area contributed by atoms with Crippen molar-refractivity contribution in [3.8, 4) is 0 Å². The van der Waals surface area contributed by atoms with E-state index in [0.717, 1.165) is 0 Å². The molecule has 1 aliphatic rings. The quantitative estimate of drug-likeness (QED) is 0.730. The topological polar surface area (TPSA) is 24.8 Å². The molecule has 0 aromatic heterocycles. The SMILES string of the molecule is CC(C)C1=NC(C(C)C)(C(F)F)ON1C. The average Bonchev–Trinajstić information content (AvgIpc) is 2.44. The number of nitrogens with zero attached hydrogens (tertiary/aromatic N) is 2. The molecule has 0 aliphatic carbocycles. The molecule has 0 fully saturated rings. The molecular formula is C10H18F2N2O. The normalized spacial score (nSPS) is 27.1. The van der Waals surface area contributed by atoms with Gasteiger partial charge in [-0.25, -0.2) is 23.7 Å². The summed E-state index contributed by atoms with van der Waals surface area (Å²) in [6.07, 6.45) is -2.61. The predicted octanol–water partition coefficient (Wildman–Crippen LogP) is 2.54. The molecular weight excluding hydrogens is 202 g/mol. The summed E-state index contributed by atoms with van der Waals surface area (Å²) < 4.78 is 26.0. The summed E-state index contributed by atoms with van der Waals surface area (Å²) in [5, 5.41) is 1.36. The van der Waals surface area contributed by atoms with Crippen molar-refractivity contribution in [1.82, 2.24) is 5.06 Å². The third-order valence-corrected chi connectivity index (χ3v) is 2.55. The van der Waals surface area contributed by atoms with Crippen LogP contribution in [0.4, 0.5) is 8.78 Å². The van der Waals surface area contributed by atoms with Crippen molar-refractivity contribution in [3.63, 3.8) is 0 Å². The molecule has 1 rings (SSSR count). The van der Waals surface area contributed by atoms with Crippen molar-refractivity contribution in [2.45, 2.75) is 39.8 Å². The van der Waals surface area contributed by atoms with Gasteiger partial charge < -0.3 is 0 Å². The minimum absolute atomic E-state index is 0.0781. The highest BCUT2D eigenvalue weighted by atomic mass is 19.3. The van der Waals surface area contributed by atoms with E-state index in [1.807, 2.05) is 13.8 Å². The Kier molecular flexibility index (Phi) is 3.33. The van der Waals surface area contributed by atoms with Crippen LogP contribution in [0.2, 0.25) is 0 Å². The van der Waals surface area contributed by atoms with Crippen LogP contribution < -0.4 is 0 Å². The zero-order chi connectivity index (χ0) is 11.8. The van der Waals surface area contributed by atoms with Gasteiger partial charge in [-0.15, -0.1) is 0 Å². The molecule has 1 atom stereocenters. The molecule has 0 saturated carbocycles. The van der Waals surface area contributed by atoms with Gasteiger partial charge in [-0.05, 0) is 0 Å². The van der Waals surface area contributed by atoms with Crippen LogP contribution in [0.15, 0.2) is 4.99 Å². The monoisotopic (exact) mass is 220 g/mol. The molecule has 0 radical (unpaired) electrons. The fourth-order valence-corrected chi connectivity index (χ4v) is 1.60. The number of hydrogen-bond donors (Lipinski definition) is 0. The Morgan fingerprint density at radius 2 is 1.80 bits per heavy atom.